The highest BCUT2D eigenvalue weighted by Crippen LogP contribution is 2.24. The Morgan fingerprint density at radius 2 is 1.85 bits per heavy atom. The maximum atomic E-state index is 12.8. The Kier molecular flexibility index (Phi) is 6.40. The third-order valence-electron chi connectivity index (χ3n) is 4.90. The molecular formula is C20H28N2O4. The SMILES string of the molecule is CC1CCN(C(=O)c2ccc(CN(C)C(=O)C(C)C)cc2)C(C(=O)O)C1. The molecule has 0 radical (unpaired) electrons. The lowest BCUT2D eigenvalue weighted by molar-refractivity contribution is -0.144. The summed E-state index contributed by atoms with van der Waals surface area (Å²) in [6.07, 6.45) is 1.30. The molecule has 0 saturated carbocycles. The van der Waals surface area contributed by atoms with E-state index in [1.54, 1.807) is 24.1 Å². The van der Waals surface area contributed by atoms with Crippen molar-refractivity contribution in [2.45, 2.75) is 46.2 Å². The molecule has 1 heterocycles. The summed E-state index contributed by atoms with van der Waals surface area (Å²) in [5, 5.41) is 9.43. The maximum absolute atomic E-state index is 12.8. The Morgan fingerprint density at radius 3 is 2.38 bits per heavy atom. The van der Waals surface area contributed by atoms with E-state index in [4.69, 9.17) is 0 Å². The molecule has 1 aliphatic heterocycles. The van der Waals surface area contributed by atoms with Crippen molar-refractivity contribution in [3.05, 3.63) is 35.4 Å². The van der Waals surface area contributed by atoms with Crippen LogP contribution in [0.1, 0.15) is 49.5 Å². The lowest BCUT2D eigenvalue weighted by atomic mass is 9.92. The normalized spacial score (nSPS) is 20.1. The van der Waals surface area contributed by atoms with Gasteiger partial charge in [-0.2, -0.15) is 0 Å². The predicted octanol–water partition coefficient (Wildman–Crippen LogP) is 2.63. The third-order valence-corrected chi connectivity index (χ3v) is 4.90. The lowest BCUT2D eigenvalue weighted by Crippen LogP contribution is -2.49. The molecule has 0 aromatic heterocycles. The highest BCUT2D eigenvalue weighted by atomic mass is 16.4. The van der Waals surface area contributed by atoms with Gasteiger partial charge in [0.25, 0.3) is 5.91 Å². The molecule has 2 rings (SSSR count). The molecule has 1 aromatic rings. The van der Waals surface area contributed by atoms with Crippen LogP contribution < -0.4 is 0 Å². The van der Waals surface area contributed by atoms with E-state index in [2.05, 4.69) is 0 Å². The van der Waals surface area contributed by atoms with E-state index in [0.717, 1.165) is 12.0 Å². The highest BCUT2D eigenvalue weighted by Gasteiger charge is 2.35. The van der Waals surface area contributed by atoms with Gasteiger partial charge in [-0.25, -0.2) is 4.79 Å². The summed E-state index contributed by atoms with van der Waals surface area (Å²) < 4.78 is 0. The van der Waals surface area contributed by atoms with Crippen molar-refractivity contribution >= 4 is 17.8 Å². The minimum Gasteiger partial charge on any atom is -0.480 e. The molecule has 1 aromatic carbocycles. The molecule has 1 aliphatic rings. The van der Waals surface area contributed by atoms with Crippen molar-refractivity contribution in [2.24, 2.45) is 11.8 Å². The summed E-state index contributed by atoms with van der Waals surface area (Å²) in [6, 6.07) is 6.30. The van der Waals surface area contributed by atoms with Crippen molar-refractivity contribution < 1.29 is 19.5 Å². The first-order chi connectivity index (χ1) is 12.2. The van der Waals surface area contributed by atoms with Crippen molar-refractivity contribution in [3.63, 3.8) is 0 Å². The van der Waals surface area contributed by atoms with Gasteiger partial charge in [-0.3, -0.25) is 9.59 Å². The number of piperidine rings is 1. The van der Waals surface area contributed by atoms with E-state index < -0.39 is 12.0 Å². The van der Waals surface area contributed by atoms with Gasteiger partial charge in [0.1, 0.15) is 6.04 Å². The summed E-state index contributed by atoms with van der Waals surface area (Å²) >= 11 is 0. The monoisotopic (exact) mass is 360 g/mol. The number of rotatable bonds is 5. The Labute approximate surface area is 154 Å². The topological polar surface area (TPSA) is 77.9 Å². The Hall–Kier alpha value is -2.37. The van der Waals surface area contributed by atoms with E-state index in [0.29, 0.717) is 31.0 Å². The van der Waals surface area contributed by atoms with Crippen molar-refractivity contribution in [3.8, 4) is 0 Å². The zero-order valence-electron chi connectivity index (χ0n) is 15.9. The molecule has 1 N–H and O–H groups in total. The largest absolute Gasteiger partial charge is 0.480 e. The number of nitrogens with zero attached hydrogens (tertiary/aromatic N) is 2. The van der Waals surface area contributed by atoms with E-state index in [1.807, 2.05) is 32.9 Å². The third kappa shape index (κ3) is 4.62. The number of likely N-dealkylation sites (tertiary alicyclic amines) is 1. The van der Waals surface area contributed by atoms with E-state index in [-0.39, 0.29) is 17.7 Å². The lowest BCUT2D eigenvalue weighted by Gasteiger charge is -2.36. The van der Waals surface area contributed by atoms with Gasteiger partial charge < -0.3 is 14.9 Å². The summed E-state index contributed by atoms with van der Waals surface area (Å²) in [4.78, 5) is 39.3. The molecule has 142 valence electrons. The maximum Gasteiger partial charge on any atom is 0.326 e. The zero-order chi connectivity index (χ0) is 19.4. The molecule has 0 spiro atoms. The van der Waals surface area contributed by atoms with Crippen LogP contribution in [0.5, 0.6) is 0 Å². The second-order valence-corrected chi connectivity index (χ2v) is 7.53. The molecule has 1 fully saturated rings. The van der Waals surface area contributed by atoms with Gasteiger partial charge in [-0.05, 0) is 36.5 Å². The first kappa shape index (κ1) is 19.9. The number of carboxylic acids is 1. The average molecular weight is 360 g/mol. The number of aliphatic carboxylic acids is 1. The van der Waals surface area contributed by atoms with E-state index in [9.17, 15) is 19.5 Å². The number of hydrogen-bond donors (Lipinski definition) is 1. The van der Waals surface area contributed by atoms with Gasteiger partial charge in [0, 0.05) is 31.6 Å². The molecule has 6 nitrogen and oxygen atoms in total. The van der Waals surface area contributed by atoms with Gasteiger partial charge in [-0.15, -0.1) is 0 Å². The van der Waals surface area contributed by atoms with Gasteiger partial charge in [-0.1, -0.05) is 32.9 Å². The van der Waals surface area contributed by atoms with Crippen molar-refractivity contribution in [2.75, 3.05) is 13.6 Å². The minimum atomic E-state index is -0.949. The molecule has 2 amide bonds. The Balaban J connectivity index is 2.08. The fourth-order valence-corrected chi connectivity index (χ4v) is 3.33. The van der Waals surface area contributed by atoms with Crippen molar-refractivity contribution in [1.82, 2.24) is 9.80 Å². The van der Waals surface area contributed by atoms with Crippen LogP contribution in [0, 0.1) is 11.8 Å². The highest BCUT2D eigenvalue weighted by molar-refractivity contribution is 5.96. The molecule has 0 aliphatic carbocycles. The number of carboxylic acid groups (broad SMARTS) is 1. The van der Waals surface area contributed by atoms with Crippen LogP contribution in [-0.2, 0) is 16.1 Å². The summed E-state index contributed by atoms with van der Waals surface area (Å²) in [7, 11) is 1.76. The van der Waals surface area contributed by atoms with Gasteiger partial charge >= 0.3 is 5.97 Å². The van der Waals surface area contributed by atoms with Crippen LogP contribution in [0.3, 0.4) is 0 Å². The van der Waals surface area contributed by atoms with Crippen LogP contribution in [0.15, 0.2) is 24.3 Å². The number of amides is 2. The smallest absolute Gasteiger partial charge is 0.326 e. The van der Waals surface area contributed by atoms with Crippen LogP contribution in [0.2, 0.25) is 0 Å². The molecule has 0 bridgehead atoms. The first-order valence-electron chi connectivity index (χ1n) is 9.08. The van der Waals surface area contributed by atoms with Gasteiger partial charge in [0.15, 0.2) is 0 Å². The molecule has 6 heteroatoms. The van der Waals surface area contributed by atoms with Crippen LogP contribution >= 0.6 is 0 Å². The van der Waals surface area contributed by atoms with E-state index >= 15 is 0 Å². The molecule has 2 unspecified atom stereocenters. The Bertz CT molecular complexity index is 669. The number of carbonyl (C=O) groups is 3. The molecular weight excluding hydrogens is 332 g/mol. The number of hydrogen-bond acceptors (Lipinski definition) is 3. The zero-order valence-corrected chi connectivity index (χ0v) is 15.9. The number of carbonyl (C=O) groups excluding carboxylic acids is 2. The average Bonchev–Trinajstić information content (AvgIpc) is 2.60. The van der Waals surface area contributed by atoms with Crippen LogP contribution in [0.25, 0.3) is 0 Å². The molecule has 26 heavy (non-hydrogen) atoms. The second kappa shape index (κ2) is 8.34. The summed E-state index contributed by atoms with van der Waals surface area (Å²) in [6.45, 7) is 6.67. The predicted molar refractivity (Wildman–Crippen MR) is 98.6 cm³/mol. The quantitative estimate of drug-likeness (QED) is 0.876. The second-order valence-electron chi connectivity index (χ2n) is 7.53. The van der Waals surface area contributed by atoms with Crippen LogP contribution in [0.4, 0.5) is 0 Å². The minimum absolute atomic E-state index is 0.0599. The fraction of sp³-hybridized carbons (Fsp3) is 0.550. The van der Waals surface area contributed by atoms with E-state index in [1.165, 1.54) is 4.90 Å². The summed E-state index contributed by atoms with van der Waals surface area (Å²) in [5.74, 6) is -0.887. The van der Waals surface area contributed by atoms with Gasteiger partial charge in [0.05, 0.1) is 0 Å². The van der Waals surface area contributed by atoms with Gasteiger partial charge in [0.2, 0.25) is 5.91 Å². The standard InChI is InChI=1S/C20H28N2O4/c1-13(2)18(23)21(4)12-15-5-7-16(8-6-15)19(24)22-10-9-14(3)11-17(22)20(25)26/h5-8,13-14,17H,9-12H2,1-4H3,(H,25,26). The van der Waals surface area contributed by atoms with Crippen LogP contribution in [-0.4, -0.2) is 52.3 Å². The Morgan fingerprint density at radius 1 is 1.23 bits per heavy atom. The van der Waals surface area contributed by atoms with Crippen molar-refractivity contribution in [1.29, 1.82) is 0 Å². The summed E-state index contributed by atoms with van der Waals surface area (Å²) in [5.41, 5.74) is 1.41. The first-order valence-corrected chi connectivity index (χ1v) is 9.08. The molecule has 1 saturated heterocycles. The molecule has 2 atom stereocenters. The fourth-order valence-electron chi connectivity index (χ4n) is 3.33. The number of benzene rings is 1.